The predicted octanol–water partition coefficient (Wildman–Crippen LogP) is 2.87. The molecule has 0 saturated carbocycles. The molecule has 28 heavy (non-hydrogen) atoms. The van der Waals surface area contributed by atoms with Gasteiger partial charge in [0.1, 0.15) is 0 Å². The SMILES string of the molecule is Cc1ccc(NS(=O)(=O)c2cccc(C(=O)NCC3=CCNCC3)c2)cc1.Cl. The van der Waals surface area contributed by atoms with Crippen LogP contribution in [0.25, 0.3) is 0 Å². The summed E-state index contributed by atoms with van der Waals surface area (Å²) < 4.78 is 27.8. The van der Waals surface area contributed by atoms with Crippen molar-refractivity contribution in [3.8, 4) is 0 Å². The van der Waals surface area contributed by atoms with E-state index in [1.807, 2.05) is 19.1 Å². The van der Waals surface area contributed by atoms with E-state index in [1.54, 1.807) is 24.3 Å². The van der Waals surface area contributed by atoms with Crippen molar-refractivity contribution in [2.24, 2.45) is 0 Å². The fourth-order valence-corrected chi connectivity index (χ4v) is 3.87. The van der Waals surface area contributed by atoms with Crippen LogP contribution in [-0.2, 0) is 10.0 Å². The molecule has 8 heteroatoms. The Morgan fingerprint density at radius 2 is 1.89 bits per heavy atom. The molecular weight excluding hydrogens is 398 g/mol. The summed E-state index contributed by atoms with van der Waals surface area (Å²) >= 11 is 0. The molecule has 0 spiro atoms. The Labute approximate surface area is 171 Å². The number of anilines is 1. The first-order chi connectivity index (χ1) is 12.9. The fraction of sp³-hybridized carbons (Fsp3) is 0.250. The van der Waals surface area contributed by atoms with E-state index in [-0.39, 0.29) is 23.2 Å². The maximum atomic E-state index is 12.6. The topological polar surface area (TPSA) is 87.3 Å². The normalized spacial score (nSPS) is 13.8. The van der Waals surface area contributed by atoms with Gasteiger partial charge >= 0.3 is 0 Å². The van der Waals surface area contributed by atoms with Crippen LogP contribution in [0.4, 0.5) is 5.69 Å². The highest BCUT2D eigenvalue weighted by atomic mass is 35.5. The molecule has 6 nitrogen and oxygen atoms in total. The highest BCUT2D eigenvalue weighted by molar-refractivity contribution is 7.92. The van der Waals surface area contributed by atoms with Gasteiger partial charge in [0.05, 0.1) is 4.90 Å². The van der Waals surface area contributed by atoms with E-state index >= 15 is 0 Å². The molecule has 2 aromatic rings. The average Bonchev–Trinajstić information content (AvgIpc) is 2.68. The molecule has 0 unspecified atom stereocenters. The first kappa shape index (κ1) is 21.9. The first-order valence-corrected chi connectivity index (χ1v) is 10.3. The summed E-state index contributed by atoms with van der Waals surface area (Å²) in [6.07, 6.45) is 2.96. The van der Waals surface area contributed by atoms with Crippen molar-refractivity contribution in [2.45, 2.75) is 18.2 Å². The van der Waals surface area contributed by atoms with Crippen molar-refractivity contribution < 1.29 is 13.2 Å². The van der Waals surface area contributed by atoms with Crippen LogP contribution in [0.2, 0.25) is 0 Å². The second-order valence-corrected chi connectivity index (χ2v) is 8.18. The van der Waals surface area contributed by atoms with Gasteiger partial charge in [-0.3, -0.25) is 9.52 Å². The number of hydrogen-bond acceptors (Lipinski definition) is 4. The summed E-state index contributed by atoms with van der Waals surface area (Å²) in [5, 5.41) is 6.07. The van der Waals surface area contributed by atoms with Crippen molar-refractivity contribution >= 4 is 34.0 Å². The monoisotopic (exact) mass is 421 g/mol. The molecule has 0 aliphatic carbocycles. The van der Waals surface area contributed by atoms with Crippen molar-refractivity contribution in [3.05, 3.63) is 71.3 Å². The molecule has 1 aliphatic rings. The first-order valence-electron chi connectivity index (χ1n) is 8.80. The minimum atomic E-state index is -3.77. The predicted molar refractivity (Wildman–Crippen MR) is 114 cm³/mol. The number of benzene rings is 2. The van der Waals surface area contributed by atoms with Gasteiger partial charge in [-0.15, -0.1) is 12.4 Å². The highest BCUT2D eigenvalue weighted by Gasteiger charge is 2.17. The van der Waals surface area contributed by atoms with Crippen molar-refractivity contribution in [3.63, 3.8) is 0 Å². The molecule has 0 atom stereocenters. The number of aryl methyl sites for hydroxylation is 1. The number of nitrogens with one attached hydrogen (secondary N) is 3. The third-order valence-corrected chi connectivity index (χ3v) is 5.72. The van der Waals surface area contributed by atoms with E-state index in [0.717, 1.165) is 25.1 Å². The van der Waals surface area contributed by atoms with Gasteiger partial charge in [0.15, 0.2) is 0 Å². The van der Waals surface area contributed by atoms with E-state index < -0.39 is 10.0 Å². The van der Waals surface area contributed by atoms with Gasteiger partial charge in [0.25, 0.3) is 15.9 Å². The van der Waals surface area contributed by atoms with Crippen LogP contribution in [0, 0.1) is 6.92 Å². The zero-order valence-electron chi connectivity index (χ0n) is 15.6. The second-order valence-electron chi connectivity index (χ2n) is 6.50. The lowest BCUT2D eigenvalue weighted by atomic mass is 10.1. The van der Waals surface area contributed by atoms with Gasteiger partial charge in [0, 0.05) is 24.3 Å². The Morgan fingerprint density at radius 1 is 1.14 bits per heavy atom. The summed E-state index contributed by atoms with van der Waals surface area (Å²) in [4.78, 5) is 12.4. The Bertz CT molecular complexity index is 957. The summed E-state index contributed by atoms with van der Waals surface area (Å²) in [7, 11) is -3.77. The van der Waals surface area contributed by atoms with Gasteiger partial charge in [0.2, 0.25) is 0 Å². The Kier molecular flexibility index (Phi) is 7.62. The van der Waals surface area contributed by atoms with Crippen LogP contribution in [0.5, 0.6) is 0 Å². The van der Waals surface area contributed by atoms with Crippen molar-refractivity contribution in [1.82, 2.24) is 10.6 Å². The minimum absolute atomic E-state index is 0. The number of carbonyl (C=O) groups excluding carboxylic acids is 1. The van der Waals surface area contributed by atoms with E-state index in [1.165, 1.54) is 17.7 Å². The zero-order valence-corrected chi connectivity index (χ0v) is 17.2. The van der Waals surface area contributed by atoms with Gasteiger partial charge < -0.3 is 10.6 Å². The van der Waals surface area contributed by atoms with Crippen LogP contribution in [0.3, 0.4) is 0 Å². The van der Waals surface area contributed by atoms with Gasteiger partial charge in [-0.1, -0.05) is 35.4 Å². The number of halogens is 1. The summed E-state index contributed by atoms with van der Waals surface area (Å²) in [6.45, 7) is 4.11. The lowest BCUT2D eigenvalue weighted by molar-refractivity contribution is 0.0956. The second kappa shape index (κ2) is 9.73. The van der Waals surface area contributed by atoms with Crippen LogP contribution in [0.15, 0.2) is 65.1 Å². The van der Waals surface area contributed by atoms with Crippen LogP contribution >= 0.6 is 12.4 Å². The van der Waals surface area contributed by atoms with E-state index in [4.69, 9.17) is 0 Å². The van der Waals surface area contributed by atoms with Gasteiger partial charge in [-0.05, 0) is 50.2 Å². The molecule has 1 amide bonds. The fourth-order valence-electron chi connectivity index (χ4n) is 2.77. The van der Waals surface area contributed by atoms with Crippen molar-refractivity contribution in [2.75, 3.05) is 24.4 Å². The van der Waals surface area contributed by atoms with E-state index in [0.29, 0.717) is 17.8 Å². The third kappa shape index (κ3) is 5.82. The molecule has 0 bridgehead atoms. The summed E-state index contributed by atoms with van der Waals surface area (Å²) in [5.74, 6) is -0.290. The Balaban J connectivity index is 0.00000280. The largest absolute Gasteiger partial charge is 0.348 e. The molecule has 0 radical (unpaired) electrons. The standard InChI is InChI=1S/C20H23N3O3S.ClH/c1-15-5-7-18(8-6-15)23-27(25,26)19-4-2-3-17(13-19)20(24)22-14-16-9-11-21-12-10-16;/h2-9,13,21,23H,10-12,14H2,1H3,(H,22,24);1H. The molecule has 3 N–H and O–H groups in total. The third-order valence-electron chi connectivity index (χ3n) is 4.34. The molecule has 0 fully saturated rings. The van der Waals surface area contributed by atoms with E-state index in [2.05, 4.69) is 21.4 Å². The molecular formula is C20H24ClN3O3S. The quantitative estimate of drug-likeness (QED) is 0.626. The molecule has 2 aromatic carbocycles. The number of carbonyl (C=O) groups is 1. The van der Waals surface area contributed by atoms with Crippen molar-refractivity contribution in [1.29, 1.82) is 0 Å². The lowest BCUT2D eigenvalue weighted by Crippen LogP contribution is -2.29. The zero-order chi connectivity index (χ0) is 19.3. The summed E-state index contributed by atoms with van der Waals surface area (Å²) in [5.41, 5.74) is 3.01. The average molecular weight is 422 g/mol. The number of rotatable bonds is 6. The number of hydrogen-bond donors (Lipinski definition) is 3. The molecule has 0 aromatic heterocycles. The molecule has 1 aliphatic heterocycles. The van der Waals surface area contributed by atoms with Gasteiger partial charge in [-0.2, -0.15) is 0 Å². The maximum Gasteiger partial charge on any atom is 0.261 e. The lowest BCUT2D eigenvalue weighted by Gasteiger charge is -2.15. The maximum absolute atomic E-state index is 12.6. The van der Waals surface area contributed by atoms with Crippen LogP contribution in [0.1, 0.15) is 22.3 Å². The molecule has 1 heterocycles. The summed E-state index contributed by atoms with van der Waals surface area (Å²) in [6, 6.07) is 13.1. The molecule has 0 saturated heterocycles. The minimum Gasteiger partial charge on any atom is -0.348 e. The number of amides is 1. The smallest absolute Gasteiger partial charge is 0.261 e. The van der Waals surface area contributed by atoms with Gasteiger partial charge in [-0.25, -0.2) is 8.42 Å². The highest BCUT2D eigenvalue weighted by Crippen LogP contribution is 2.18. The Morgan fingerprint density at radius 3 is 2.57 bits per heavy atom. The van der Waals surface area contributed by atoms with Crippen LogP contribution in [-0.4, -0.2) is 34.0 Å². The molecule has 150 valence electrons. The number of sulfonamides is 1. The molecule has 3 rings (SSSR count). The Hall–Kier alpha value is -2.35. The van der Waals surface area contributed by atoms with E-state index in [9.17, 15) is 13.2 Å². The van der Waals surface area contributed by atoms with Crippen LogP contribution < -0.4 is 15.4 Å².